The molecule has 0 atom stereocenters. The highest BCUT2D eigenvalue weighted by Gasteiger charge is 2.35. The van der Waals surface area contributed by atoms with E-state index < -0.39 is 0 Å². The molecule has 0 saturated carbocycles. The lowest BCUT2D eigenvalue weighted by atomic mass is 9.73. The summed E-state index contributed by atoms with van der Waals surface area (Å²) in [5.41, 5.74) is 1.30. The third-order valence-corrected chi connectivity index (χ3v) is 2.23. The molecule has 0 radical (unpaired) electrons. The summed E-state index contributed by atoms with van der Waals surface area (Å²) in [7, 11) is 0.0659. The summed E-state index contributed by atoms with van der Waals surface area (Å²) in [5.74, 6) is 0. The second-order valence-corrected chi connectivity index (χ2v) is 4.13. The molecule has 2 rings (SSSR count). The first-order valence-corrected chi connectivity index (χ1v) is 4.62. The predicted octanol–water partition coefficient (Wildman–Crippen LogP) is 0.780. The van der Waals surface area contributed by atoms with Crippen molar-refractivity contribution in [1.29, 1.82) is 0 Å². The largest absolute Gasteiger partial charge is 0.416 e. The molecule has 0 aromatic heterocycles. The van der Waals surface area contributed by atoms with E-state index in [2.05, 4.69) is 31.2 Å². The molecule has 1 saturated heterocycles. The monoisotopic (exact) mass is 175 g/mol. The van der Waals surface area contributed by atoms with Crippen LogP contribution in [0.4, 0.5) is 0 Å². The topological polar surface area (TPSA) is 21.3 Å². The summed E-state index contributed by atoms with van der Waals surface area (Å²) in [6.45, 7) is 5.07. The van der Waals surface area contributed by atoms with E-state index in [0.29, 0.717) is 0 Å². The summed E-state index contributed by atoms with van der Waals surface area (Å²) in [5, 5.41) is 3.42. The smallest absolute Gasteiger partial charge is 0.416 e. The van der Waals surface area contributed by atoms with Gasteiger partial charge in [-0.05, 0) is 19.3 Å². The minimum atomic E-state index is 0.0659. The van der Waals surface area contributed by atoms with Gasteiger partial charge in [-0.3, -0.25) is 0 Å². The van der Waals surface area contributed by atoms with E-state index in [0.717, 1.165) is 6.61 Å². The zero-order chi connectivity index (χ0) is 9.31. The van der Waals surface area contributed by atoms with Gasteiger partial charge in [0.1, 0.15) is 0 Å². The highest BCUT2D eigenvalue weighted by molar-refractivity contribution is 6.65. The van der Waals surface area contributed by atoms with Gasteiger partial charge in [0.2, 0.25) is 0 Å². The zero-order valence-corrected chi connectivity index (χ0v) is 8.08. The Kier molecular flexibility index (Phi) is 2.14. The van der Waals surface area contributed by atoms with Gasteiger partial charge in [0.05, 0.1) is 0 Å². The van der Waals surface area contributed by atoms with E-state index in [-0.39, 0.29) is 12.6 Å². The third-order valence-electron chi connectivity index (χ3n) is 2.23. The van der Waals surface area contributed by atoms with Gasteiger partial charge in [0, 0.05) is 12.1 Å². The van der Waals surface area contributed by atoms with Gasteiger partial charge in [-0.25, -0.2) is 0 Å². The van der Waals surface area contributed by atoms with Crippen LogP contribution in [0.5, 0.6) is 0 Å². The van der Waals surface area contributed by atoms with Crippen molar-refractivity contribution in [3.05, 3.63) is 30.3 Å². The molecule has 1 heterocycles. The van der Waals surface area contributed by atoms with Crippen molar-refractivity contribution in [2.45, 2.75) is 19.4 Å². The Labute approximate surface area is 79.4 Å². The van der Waals surface area contributed by atoms with Gasteiger partial charge in [0.15, 0.2) is 0 Å². The average molecular weight is 175 g/mol. The van der Waals surface area contributed by atoms with Crippen LogP contribution in [-0.4, -0.2) is 19.2 Å². The minimum absolute atomic E-state index is 0.0659. The van der Waals surface area contributed by atoms with Gasteiger partial charge >= 0.3 is 7.05 Å². The van der Waals surface area contributed by atoms with Crippen LogP contribution in [0.2, 0.25) is 0 Å². The van der Waals surface area contributed by atoms with Crippen LogP contribution in [0.3, 0.4) is 0 Å². The molecule has 0 aliphatic carbocycles. The maximum Gasteiger partial charge on any atom is 0.416 e. The second-order valence-electron chi connectivity index (χ2n) is 4.13. The predicted molar refractivity (Wildman–Crippen MR) is 55.0 cm³/mol. The van der Waals surface area contributed by atoms with Gasteiger partial charge in [-0.1, -0.05) is 30.3 Å². The molecule has 1 aromatic carbocycles. The quantitative estimate of drug-likeness (QED) is 0.637. The molecule has 0 amide bonds. The van der Waals surface area contributed by atoms with Crippen molar-refractivity contribution < 1.29 is 4.65 Å². The molecule has 3 heteroatoms. The van der Waals surface area contributed by atoms with E-state index in [4.69, 9.17) is 4.65 Å². The first kappa shape index (κ1) is 8.79. The lowest BCUT2D eigenvalue weighted by molar-refractivity contribution is 0.299. The first-order chi connectivity index (χ1) is 6.17. The molecule has 1 aliphatic heterocycles. The molecular formula is C10H14BNO. The lowest BCUT2D eigenvalue weighted by Crippen LogP contribution is -2.48. The molecule has 1 aliphatic rings. The summed E-state index contributed by atoms with van der Waals surface area (Å²) < 4.78 is 5.64. The number of benzene rings is 1. The van der Waals surface area contributed by atoms with Crippen LogP contribution in [0.15, 0.2) is 30.3 Å². The highest BCUT2D eigenvalue weighted by Crippen LogP contribution is 2.11. The van der Waals surface area contributed by atoms with E-state index in [9.17, 15) is 0 Å². The van der Waals surface area contributed by atoms with E-state index in [1.54, 1.807) is 0 Å². The molecule has 0 spiro atoms. The van der Waals surface area contributed by atoms with E-state index in [1.165, 1.54) is 5.46 Å². The first-order valence-electron chi connectivity index (χ1n) is 4.62. The molecule has 0 bridgehead atoms. The minimum Gasteiger partial charge on any atom is -0.416 e. The average Bonchev–Trinajstić information content (AvgIpc) is 2.48. The Balaban J connectivity index is 2.13. The van der Waals surface area contributed by atoms with Crippen molar-refractivity contribution in [3.8, 4) is 0 Å². The van der Waals surface area contributed by atoms with E-state index >= 15 is 0 Å². The number of nitrogens with one attached hydrogen (secondary N) is 1. The van der Waals surface area contributed by atoms with Crippen molar-refractivity contribution in [1.82, 2.24) is 5.23 Å². The van der Waals surface area contributed by atoms with Crippen LogP contribution in [-0.2, 0) is 4.65 Å². The third kappa shape index (κ3) is 1.93. The Hall–Kier alpha value is -0.795. The van der Waals surface area contributed by atoms with E-state index in [1.807, 2.05) is 18.2 Å². The molecule has 1 fully saturated rings. The van der Waals surface area contributed by atoms with Crippen LogP contribution in [0, 0.1) is 0 Å². The van der Waals surface area contributed by atoms with Gasteiger partial charge in [-0.15, -0.1) is 0 Å². The van der Waals surface area contributed by atoms with Crippen LogP contribution in [0.25, 0.3) is 0 Å². The number of rotatable bonds is 1. The fourth-order valence-electron chi connectivity index (χ4n) is 1.54. The Bertz CT molecular complexity index is 286. The lowest BCUT2D eigenvalue weighted by Gasteiger charge is -2.15. The standard InChI is InChI=1S/C10H14BNO/c1-10(2)8-13-11(12-10)9-6-4-3-5-7-9/h3-7,12H,8H2,1-2H3. The second kappa shape index (κ2) is 3.16. The van der Waals surface area contributed by atoms with Crippen molar-refractivity contribution in [2.75, 3.05) is 6.61 Å². The zero-order valence-electron chi connectivity index (χ0n) is 8.08. The maximum atomic E-state index is 5.64. The number of hydrogen-bond acceptors (Lipinski definition) is 2. The highest BCUT2D eigenvalue weighted by atomic mass is 16.5. The van der Waals surface area contributed by atoms with Gasteiger partial charge < -0.3 is 9.88 Å². The Morgan fingerprint density at radius 3 is 2.54 bits per heavy atom. The number of hydrogen-bond donors (Lipinski definition) is 1. The van der Waals surface area contributed by atoms with Crippen molar-refractivity contribution >= 4 is 12.5 Å². The molecule has 13 heavy (non-hydrogen) atoms. The molecule has 0 unspecified atom stereocenters. The molecular weight excluding hydrogens is 161 g/mol. The van der Waals surface area contributed by atoms with Crippen molar-refractivity contribution in [2.24, 2.45) is 0 Å². The molecule has 1 aromatic rings. The summed E-state index contributed by atoms with van der Waals surface area (Å²) in [6.07, 6.45) is 0. The fraction of sp³-hybridized carbons (Fsp3) is 0.400. The Morgan fingerprint density at radius 2 is 2.00 bits per heavy atom. The molecule has 2 nitrogen and oxygen atoms in total. The SMILES string of the molecule is CC1(C)COB(c2ccccc2)N1. The molecule has 1 N–H and O–H groups in total. The van der Waals surface area contributed by atoms with Crippen LogP contribution >= 0.6 is 0 Å². The maximum absolute atomic E-state index is 5.64. The van der Waals surface area contributed by atoms with Crippen LogP contribution < -0.4 is 10.7 Å². The normalized spacial score (nSPS) is 20.6. The van der Waals surface area contributed by atoms with Gasteiger partial charge in [0.25, 0.3) is 0 Å². The Morgan fingerprint density at radius 1 is 1.31 bits per heavy atom. The van der Waals surface area contributed by atoms with Gasteiger partial charge in [-0.2, -0.15) is 0 Å². The molecule has 68 valence electrons. The van der Waals surface area contributed by atoms with Crippen molar-refractivity contribution in [3.63, 3.8) is 0 Å². The fourth-order valence-corrected chi connectivity index (χ4v) is 1.54. The summed E-state index contributed by atoms with van der Waals surface area (Å²) in [4.78, 5) is 0. The summed E-state index contributed by atoms with van der Waals surface area (Å²) >= 11 is 0. The summed E-state index contributed by atoms with van der Waals surface area (Å²) in [6, 6.07) is 10.2. The van der Waals surface area contributed by atoms with Crippen LogP contribution in [0.1, 0.15) is 13.8 Å².